The Morgan fingerprint density at radius 2 is 1.47 bits per heavy atom. The van der Waals surface area contributed by atoms with Crippen molar-refractivity contribution in [1.29, 1.82) is 0 Å². The number of amides is 1. The smallest absolute Gasteiger partial charge is 0.373 e. The largest absolute Gasteiger partial charge is 0.416 e. The van der Waals surface area contributed by atoms with E-state index in [0.717, 1.165) is 23.9 Å². The standard InChI is InChI=1S/C24H24F3N3O3S/c1-29(20-10-4-2-5-11-20)16-15-28-23(31)18-30(34(32,33)22-13-6-3-7-14-22)21-12-8-9-19(17-21)24(25,26)27/h2-14,17H,15-16,18H2,1H3,(H,28,31). The number of nitrogens with one attached hydrogen (secondary N) is 1. The summed E-state index contributed by atoms with van der Waals surface area (Å²) in [5.41, 5.74) is -0.326. The van der Waals surface area contributed by atoms with Gasteiger partial charge in [-0.15, -0.1) is 0 Å². The summed E-state index contributed by atoms with van der Waals surface area (Å²) in [6.07, 6.45) is -4.66. The maximum Gasteiger partial charge on any atom is 0.416 e. The fourth-order valence-electron chi connectivity index (χ4n) is 3.23. The van der Waals surface area contributed by atoms with Gasteiger partial charge in [0.05, 0.1) is 16.1 Å². The molecule has 1 amide bonds. The Morgan fingerprint density at radius 3 is 2.09 bits per heavy atom. The van der Waals surface area contributed by atoms with Gasteiger partial charge < -0.3 is 10.2 Å². The third kappa shape index (κ3) is 6.28. The number of para-hydroxylation sites is 1. The van der Waals surface area contributed by atoms with Gasteiger partial charge in [-0.25, -0.2) is 8.42 Å². The van der Waals surface area contributed by atoms with E-state index in [1.54, 1.807) is 6.07 Å². The fourth-order valence-corrected chi connectivity index (χ4v) is 4.67. The molecule has 0 saturated heterocycles. The number of rotatable bonds is 9. The molecule has 0 fully saturated rings. The third-order valence-corrected chi connectivity index (χ3v) is 6.83. The van der Waals surface area contributed by atoms with Crippen LogP contribution in [0.15, 0.2) is 89.8 Å². The average Bonchev–Trinajstić information content (AvgIpc) is 2.83. The normalized spacial score (nSPS) is 11.6. The van der Waals surface area contributed by atoms with Gasteiger partial charge in [0.15, 0.2) is 0 Å². The van der Waals surface area contributed by atoms with Gasteiger partial charge in [0.25, 0.3) is 10.0 Å². The van der Waals surface area contributed by atoms with Crippen molar-refractivity contribution in [2.24, 2.45) is 0 Å². The lowest BCUT2D eigenvalue weighted by atomic mass is 10.2. The SMILES string of the molecule is CN(CCNC(=O)CN(c1cccc(C(F)(F)F)c1)S(=O)(=O)c1ccccc1)c1ccccc1. The Morgan fingerprint density at radius 1 is 0.882 bits per heavy atom. The van der Waals surface area contributed by atoms with E-state index in [9.17, 15) is 26.4 Å². The first-order chi connectivity index (χ1) is 16.1. The van der Waals surface area contributed by atoms with Crippen LogP contribution in [-0.2, 0) is 21.0 Å². The van der Waals surface area contributed by atoms with E-state index in [-0.39, 0.29) is 17.1 Å². The maximum absolute atomic E-state index is 13.3. The number of benzene rings is 3. The van der Waals surface area contributed by atoms with Crippen molar-refractivity contribution in [1.82, 2.24) is 5.32 Å². The molecule has 0 atom stereocenters. The number of carbonyl (C=O) groups excluding carboxylic acids is 1. The number of hydrogen-bond donors (Lipinski definition) is 1. The van der Waals surface area contributed by atoms with Crippen LogP contribution in [0.25, 0.3) is 0 Å². The molecular weight excluding hydrogens is 467 g/mol. The van der Waals surface area contributed by atoms with E-state index < -0.39 is 34.2 Å². The van der Waals surface area contributed by atoms with E-state index >= 15 is 0 Å². The number of carbonyl (C=O) groups is 1. The summed E-state index contributed by atoms with van der Waals surface area (Å²) in [5.74, 6) is -0.640. The molecular formula is C24H24F3N3O3S. The third-order valence-electron chi connectivity index (χ3n) is 5.05. The average molecular weight is 492 g/mol. The second-order valence-electron chi connectivity index (χ2n) is 7.48. The van der Waals surface area contributed by atoms with Crippen molar-refractivity contribution in [3.05, 3.63) is 90.5 Å². The number of likely N-dealkylation sites (N-methyl/N-ethyl adjacent to an activating group) is 1. The number of sulfonamides is 1. The highest BCUT2D eigenvalue weighted by Crippen LogP contribution is 2.33. The van der Waals surface area contributed by atoms with Crippen LogP contribution in [0.4, 0.5) is 24.5 Å². The van der Waals surface area contributed by atoms with Gasteiger partial charge in [-0.05, 0) is 42.5 Å². The molecule has 0 aliphatic rings. The first-order valence-electron chi connectivity index (χ1n) is 10.4. The van der Waals surface area contributed by atoms with Gasteiger partial charge >= 0.3 is 6.18 Å². The van der Waals surface area contributed by atoms with Gasteiger partial charge in [-0.1, -0.05) is 42.5 Å². The monoisotopic (exact) mass is 491 g/mol. The molecule has 0 saturated carbocycles. The molecule has 6 nitrogen and oxygen atoms in total. The molecule has 3 aromatic rings. The van der Waals surface area contributed by atoms with Crippen molar-refractivity contribution in [2.75, 3.05) is 35.9 Å². The van der Waals surface area contributed by atoms with E-state index in [0.29, 0.717) is 10.8 Å². The van der Waals surface area contributed by atoms with Crippen LogP contribution in [0.5, 0.6) is 0 Å². The lowest BCUT2D eigenvalue weighted by Gasteiger charge is -2.25. The van der Waals surface area contributed by atoms with Gasteiger partial charge in [-0.3, -0.25) is 9.10 Å². The first kappa shape index (κ1) is 25.1. The van der Waals surface area contributed by atoms with Crippen LogP contribution in [0.1, 0.15) is 5.56 Å². The molecule has 0 heterocycles. The van der Waals surface area contributed by atoms with Crippen LogP contribution in [-0.4, -0.2) is 41.0 Å². The predicted octanol–water partition coefficient (Wildman–Crippen LogP) is 4.15. The van der Waals surface area contributed by atoms with Gasteiger partial charge in [0.2, 0.25) is 5.91 Å². The van der Waals surface area contributed by atoms with Crippen LogP contribution in [0.3, 0.4) is 0 Å². The zero-order chi connectivity index (χ0) is 24.8. The summed E-state index contributed by atoms with van der Waals surface area (Å²) in [6.45, 7) is -0.00954. The lowest BCUT2D eigenvalue weighted by molar-refractivity contribution is -0.137. The molecule has 3 aromatic carbocycles. The highest BCUT2D eigenvalue weighted by molar-refractivity contribution is 7.92. The minimum Gasteiger partial charge on any atom is -0.373 e. The summed E-state index contributed by atoms with van der Waals surface area (Å²) in [4.78, 5) is 14.4. The molecule has 0 aromatic heterocycles. The molecule has 10 heteroatoms. The summed E-state index contributed by atoms with van der Waals surface area (Å²) in [6, 6.07) is 20.6. The Balaban J connectivity index is 1.80. The summed E-state index contributed by atoms with van der Waals surface area (Å²) in [7, 11) is -2.46. The maximum atomic E-state index is 13.3. The van der Waals surface area contributed by atoms with Crippen molar-refractivity contribution >= 4 is 27.3 Å². The Labute approximate surface area is 196 Å². The van der Waals surface area contributed by atoms with E-state index in [1.807, 2.05) is 42.3 Å². The summed E-state index contributed by atoms with van der Waals surface area (Å²) >= 11 is 0. The highest BCUT2D eigenvalue weighted by Gasteiger charge is 2.33. The first-order valence-corrected chi connectivity index (χ1v) is 11.8. The summed E-state index contributed by atoms with van der Waals surface area (Å²) < 4.78 is 66.9. The molecule has 3 rings (SSSR count). The molecule has 0 bridgehead atoms. The van der Waals surface area contributed by atoms with Crippen molar-refractivity contribution in [3.8, 4) is 0 Å². The highest BCUT2D eigenvalue weighted by atomic mass is 32.2. The lowest BCUT2D eigenvalue weighted by Crippen LogP contribution is -2.42. The zero-order valence-corrected chi connectivity index (χ0v) is 19.2. The van der Waals surface area contributed by atoms with Crippen LogP contribution < -0.4 is 14.5 Å². The topological polar surface area (TPSA) is 69.7 Å². The van der Waals surface area contributed by atoms with Crippen LogP contribution >= 0.6 is 0 Å². The zero-order valence-electron chi connectivity index (χ0n) is 18.4. The Kier molecular flexibility index (Phi) is 7.83. The number of anilines is 2. The molecule has 0 radical (unpaired) electrons. The minimum atomic E-state index is -4.66. The molecule has 34 heavy (non-hydrogen) atoms. The van der Waals surface area contributed by atoms with Crippen molar-refractivity contribution in [3.63, 3.8) is 0 Å². The molecule has 0 aliphatic carbocycles. The van der Waals surface area contributed by atoms with Gasteiger partial charge in [0.1, 0.15) is 6.54 Å². The minimum absolute atomic E-state index is 0.135. The van der Waals surface area contributed by atoms with Gasteiger partial charge in [0, 0.05) is 25.8 Å². The van der Waals surface area contributed by atoms with E-state index in [2.05, 4.69) is 5.32 Å². The van der Waals surface area contributed by atoms with Crippen LogP contribution in [0.2, 0.25) is 0 Å². The molecule has 180 valence electrons. The molecule has 0 spiro atoms. The molecule has 0 unspecified atom stereocenters. The number of halogens is 3. The van der Waals surface area contributed by atoms with Crippen molar-refractivity contribution in [2.45, 2.75) is 11.1 Å². The van der Waals surface area contributed by atoms with Crippen LogP contribution in [0, 0.1) is 0 Å². The molecule has 1 N–H and O–H groups in total. The predicted molar refractivity (Wildman–Crippen MR) is 125 cm³/mol. The summed E-state index contributed by atoms with van der Waals surface area (Å²) in [5, 5.41) is 2.64. The van der Waals surface area contributed by atoms with E-state index in [1.165, 1.54) is 30.3 Å². The number of alkyl halides is 3. The second kappa shape index (κ2) is 10.6. The number of hydrogen-bond acceptors (Lipinski definition) is 4. The number of nitrogens with zero attached hydrogens (tertiary/aromatic N) is 2. The Bertz CT molecular complexity index is 1200. The quantitative estimate of drug-likeness (QED) is 0.488. The molecule has 0 aliphatic heterocycles. The van der Waals surface area contributed by atoms with Gasteiger partial charge in [-0.2, -0.15) is 13.2 Å². The van der Waals surface area contributed by atoms with E-state index in [4.69, 9.17) is 0 Å². The second-order valence-corrected chi connectivity index (χ2v) is 9.34. The van der Waals surface area contributed by atoms with Crippen molar-refractivity contribution < 1.29 is 26.4 Å². The Hall–Kier alpha value is -3.53. The fraction of sp³-hybridized carbons (Fsp3) is 0.208.